The molecule has 1 rings (SSSR count). The van der Waals surface area contributed by atoms with Crippen LogP contribution >= 0.6 is 19.2 Å². The Kier molecular flexibility index (Phi) is 10.4. The van der Waals surface area contributed by atoms with Crippen LogP contribution in [0.3, 0.4) is 0 Å². The number of esters is 1. The van der Waals surface area contributed by atoms with Crippen molar-refractivity contribution in [3.8, 4) is 5.75 Å². The quantitative estimate of drug-likeness (QED) is 0.518. The van der Waals surface area contributed by atoms with Gasteiger partial charge in [0.05, 0.1) is 0 Å². The van der Waals surface area contributed by atoms with Crippen molar-refractivity contribution in [3.05, 3.63) is 29.0 Å². The molecule has 0 spiro atoms. The van der Waals surface area contributed by atoms with Gasteiger partial charge in [0.25, 0.3) is 0 Å². The number of hydrogen-bond donors (Lipinski definition) is 2. The molecular weight excluding hydrogens is 388 g/mol. The largest absolute Gasteiger partial charge is 0.479 e. The molecule has 1 aromatic rings. The van der Waals surface area contributed by atoms with Crippen LogP contribution < -0.4 is 10.5 Å². The second-order valence-electron chi connectivity index (χ2n) is 6.33. The van der Waals surface area contributed by atoms with Gasteiger partial charge in [0.15, 0.2) is 18.2 Å². The van der Waals surface area contributed by atoms with Crippen LogP contribution in [-0.2, 0) is 18.6 Å². The van der Waals surface area contributed by atoms with Crippen molar-refractivity contribution >= 4 is 25.2 Å². The Morgan fingerprint density at radius 3 is 2.38 bits per heavy atom. The number of ether oxygens (including phenoxy) is 2. The Morgan fingerprint density at radius 2 is 1.96 bits per heavy atom. The third-order valence-electron chi connectivity index (χ3n) is 2.48. The van der Waals surface area contributed by atoms with Gasteiger partial charge < -0.3 is 24.6 Å². The van der Waals surface area contributed by atoms with E-state index in [2.05, 4.69) is 4.52 Å². The summed E-state index contributed by atoms with van der Waals surface area (Å²) in [7, 11) is -3.00. The fraction of sp³-hybridized carbons (Fsp3) is 0.562. The molecule has 150 valence electrons. The number of carbonyl (C=O) groups is 1. The Morgan fingerprint density at radius 1 is 1.42 bits per heavy atom. The van der Waals surface area contributed by atoms with Crippen LogP contribution in [0.2, 0.25) is 5.02 Å². The van der Waals surface area contributed by atoms with E-state index in [9.17, 15) is 18.6 Å². The van der Waals surface area contributed by atoms with Crippen molar-refractivity contribution < 1.29 is 32.6 Å². The number of rotatable bonds is 7. The minimum Gasteiger partial charge on any atom is -0.479 e. The minimum absolute atomic E-state index is 0. The zero-order chi connectivity index (χ0) is 20.5. The van der Waals surface area contributed by atoms with E-state index >= 15 is 0 Å². The van der Waals surface area contributed by atoms with E-state index in [1.807, 2.05) is 20.8 Å². The lowest BCUT2D eigenvalue weighted by Gasteiger charge is -2.20. The predicted octanol–water partition coefficient (Wildman–Crippen LogP) is 3.71. The van der Waals surface area contributed by atoms with Gasteiger partial charge in [-0.3, -0.25) is 4.57 Å². The molecule has 0 aromatic heterocycles. The molecule has 7 nitrogen and oxygen atoms in total. The first kappa shape index (κ1) is 24.8. The van der Waals surface area contributed by atoms with Gasteiger partial charge in [-0.05, 0) is 45.4 Å². The van der Waals surface area contributed by atoms with E-state index in [4.69, 9.17) is 26.8 Å². The van der Waals surface area contributed by atoms with E-state index in [-0.39, 0.29) is 22.7 Å². The van der Waals surface area contributed by atoms with Gasteiger partial charge in [0.1, 0.15) is 0 Å². The first-order chi connectivity index (χ1) is 11.8. The second kappa shape index (κ2) is 10.8. The van der Waals surface area contributed by atoms with Crippen molar-refractivity contribution in [3.63, 3.8) is 0 Å². The predicted molar refractivity (Wildman–Crippen MR) is 97.9 cm³/mol. The maximum atomic E-state index is 13.4. The molecule has 0 aliphatic carbocycles. The van der Waals surface area contributed by atoms with Gasteiger partial charge in [-0.1, -0.05) is 18.5 Å². The third kappa shape index (κ3) is 10.7. The molecular formula is C16H26ClFNO6P. The van der Waals surface area contributed by atoms with Gasteiger partial charge in [0, 0.05) is 17.7 Å². The topological polar surface area (TPSA) is 108 Å². The first-order valence-corrected chi connectivity index (χ1v) is 9.77. The maximum Gasteiger partial charge on any atom is 0.368 e. The molecule has 0 saturated heterocycles. The summed E-state index contributed by atoms with van der Waals surface area (Å²) in [4.78, 5) is 21.0. The fourth-order valence-corrected chi connectivity index (χ4v) is 2.52. The summed E-state index contributed by atoms with van der Waals surface area (Å²) in [6, 6.07) is 3.69. The first-order valence-electron chi connectivity index (χ1n) is 7.74. The van der Waals surface area contributed by atoms with E-state index in [1.54, 1.807) is 6.92 Å². The third-order valence-corrected chi connectivity index (χ3v) is 4.44. The molecule has 0 aliphatic rings. The molecule has 0 bridgehead atoms. The highest BCUT2D eigenvalue weighted by Crippen LogP contribution is 2.48. The SMILES string of the molecule is CC(C)(C)N.CCC(OC(=O)COc1ccc(Cl)cc1F)P(=O)(O)OC. The van der Waals surface area contributed by atoms with E-state index in [0.29, 0.717) is 0 Å². The maximum absolute atomic E-state index is 13.4. The van der Waals surface area contributed by atoms with Gasteiger partial charge in [-0.2, -0.15) is 0 Å². The van der Waals surface area contributed by atoms with Crippen LogP contribution in [0.15, 0.2) is 18.2 Å². The Bertz CT molecular complexity index is 632. The molecule has 0 aliphatic heterocycles. The molecule has 0 saturated carbocycles. The molecule has 0 amide bonds. The summed E-state index contributed by atoms with van der Waals surface area (Å²) < 4.78 is 39.1. The van der Waals surface area contributed by atoms with Gasteiger partial charge in [0.2, 0.25) is 5.85 Å². The Balaban J connectivity index is 0.00000110. The van der Waals surface area contributed by atoms with Crippen LogP contribution in [0.25, 0.3) is 0 Å². The lowest BCUT2D eigenvalue weighted by molar-refractivity contribution is -0.148. The highest BCUT2D eigenvalue weighted by Gasteiger charge is 2.33. The van der Waals surface area contributed by atoms with Crippen molar-refractivity contribution in [1.29, 1.82) is 0 Å². The number of benzene rings is 1. The molecule has 2 atom stereocenters. The van der Waals surface area contributed by atoms with Gasteiger partial charge >= 0.3 is 13.6 Å². The number of nitrogens with two attached hydrogens (primary N) is 1. The van der Waals surface area contributed by atoms with Crippen LogP contribution in [0, 0.1) is 5.82 Å². The lowest BCUT2D eigenvalue weighted by atomic mass is 10.1. The highest BCUT2D eigenvalue weighted by molar-refractivity contribution is 7.53. The van der Waals surface area contributed by atoms with Crippen molar-refractivity contribution in [2.45, 2.75) is 45.5 Å². The zero-order valence-electron chi connectivity index (χ0n) is 15.5. The molecule has 0 heterocycles. The normalized spacial score (nSPS) is 14.5. The van der Waals surface area contributed by atoms with Crippen LogP contribution in [0.5, 0.6) is 5.75 Å². The molecule has 0 radical (unpaired) electrons. The van der Waals surface area contributed by atoms with E-state index in [1.165, 1.54) is 12.1 Å². The molecule has 1 aromatic carbocycles. The monoisotopic (exact) mass is 413 g/mol. The highest BCUT2D eigenvalue weighted by atomic mass is 35.5. The molecule has 0 fully saturated rings. The van der Waals surface area contributed by atoms with Crippen LogP contribution in [-0.4, -0.2) is 36.0 Å². The van der Waals surface area contributed by atoms with Crippen molar-refractivity contribution in [2.24, 2.45) is 5.73 Å². The van der Waals surface area contributed by atoms with Gasteiger partial charge in [-0.25, -0.2) is 9.18 Å². The number of halogens is 2. The van der Waals surface area contributed by atoms with E-state index in [0.717, 1.165) is 13.2 Å². The van der Waals surface area contributed by atoms with Crippen molar-refractivity contribution in [1.82, 2.24) is 0 Å². The zero-order valence-corrected chi connectivity index (χ0v) is 17.1. The Hall–Kier alpha value is -1.18. The van der Waals surface area contributed by atoms with Crippen LogP contribution in [0.4, 0.5) is 4.39 Å². The molecule has 2 unspecified atom stereocenters. The van der Waals surface area contributed by atoms with Gasteiger partial charge in [-0.15, -0.1) is 0 Å². The minimum atomic E-state index is -4.04. The summed E-state index contributed by atoms with van der Waals surface area (Å²) >= 11 is 5.57. The summed E-state index contributed by atoms with van der Waals surface area (Å²) in [5, 5.41) is 0.190. The number of carbonyl (C=O) groups excluding carboxylic acids is 1. The standard InChI is InChI=1S/C12H15ClFO6P.C4H11N/c1-3-12(21(16,17)18-2)20-11(15)7-19-10-5-4-8(13)6-9(10)14;1-4(2,3)5/h4-6,12H,3,7H2,1-2H3,(H,16,17);5H2,1-3H3. The molecule has 10 heteroatoms. The fourth-order valence-electron chi connectivity index (χ4n) is 1.41. The van der Waals surface area contributed by atoms with Crippen molar-refractivity contribution in [2.75, 3.05) is 13.7 Å². The second-order valence-corrected chi connectivity index (χ2v) is 8.83. The average Bonchev–Trinajstić information content (AvgIpc) is 2.50. The average molecular weight is 414 g/mol. The smallest absolute Gasteiger partial charge is 0.368 e. The summed E-state index contributed by atoms with van der Waals surface area (Å²) in [6.07, 6.45) is 0.0860. The number of hydrogen-bond acceptors (Lipinski definition) is 6. The summed E-state index contributed by atoms with van der Waals surface area (Å²) in [5.41, 5.74) is 5.35. The summed E-state index contributed by atoms with van der Waals surface area (Å²) in [5.74, 6) is -3.12. The Labute approximate surface area is 158 Å². The molecule has 3 N–H and O–H groups in total. The van der Waals surface area contributed by atoms with Crippen LogP contribution in [0.1, 0.15) is 34.1 Å². The van der Waals surface area contributed by atoms with E-state index < -0.39 is 31.8 Å². The molecule has 26 heavy (non-hydrogen) atoms. The lowest BCUT2D eigenvalue weighted by Crippen LogP contribution is -2.26. The summed E-state index contributed by atoms with van der Waals surface area (Å²) in [6.45, 7) is 6.84.